The fraction of sp³-hybridized carbons (Fsp3) is 0.385. The highest BCUT2D eigenvalue weighted by molar-refractivity contribution is 7.80. The van der Waals surface area contributed by atoms with Crippen LogP contribution in [0.15, 0.2) is 24.3 Å². The average molecular weight is 319 g/mol. The molecule has 0 aromatic heterocycles. The normalized spacial score (nSPS) is 13.0. The molecule has 4 nitrogen and oxygen atoms in total. The lowest BCUT2D eigenvalue weighted by Gasteiger charge is -2.24. The van der Waals surface area contributed by atoms with Gasteiger partial charge in [-0.05, 0) is 38.2 Å². The van der Waals surface area contributed by atoms with E-state index in [0.717, 1.165) is 4.90 Å². The van der Waals surface area contributed by atoms with Gasteiger partial charge >= 0.3 is 6.18 Å². The van der Waals surface area contributed by atoms with Crippen LogP contribution in [0.4, 0.5) is 18.9 Å². The minimum atomic E-state index is -4.35. The van der Waals surface area contributed by atoms with E-state index in [4.69, 9.17) is 18.0 Å². The van der Waals surface area contributed by atoms with Crippen molar-refractivity contribution in [3.63, 3.8) is 0 Å². The van der Waals surface area contributed by atoms with Crippen LogP contribution in [0, 0.1) is 0 Å². The van der Waals surface area contributed by atoms with Gasteiger partial charge in [0.05, 0.1) is 12.6 Å². The third kappa shape index (κ3) is 5.68. The summed E-state index contributed by atoms with van der Waals surface area (Å²) < 4.78 is 36.8. The third-order valence-electron chi connectivity index (χ3n) is 2.91. The zero-order chi connectivity index (χ0) is 16.2. The van der Waals surface area contributed by atoms with E-state index < -0.39 is 24.7 Å². The number of nitrogens with one attached hydrogen (secondary N) is 1. The SMILES string of the molecule is CC(C(=O)Nc1ccc(C(N)=S)cc1)N(C)CC(F)(F)F. The smallest absolute Gasteiger partial charge is 0.389 e. The van der Waals surface area contributed by atoms with Gasteiger partial charge in [0.25, 0.3) is 0 Å². The molecule has 116 valence electrons. The zero-order valence-electron chi connectivity index (χ0n) is 11.6. The number of likely N-dealkylation sites (N-methyl/N-ethyl adjacent to an activating group) is 1. The number of thiocarbonyl (C=S) groups is 1. The first-order valence-electron chi connectivity index (χ1n) is 6.08. The van der Waals surface area contributed by atoms with E-state index in [0.29, 0.717) is 11.3 Å². The van der Waals surface area contributed by atoms with Crippen LogP contribution in [-0.2, 0) is 4.79 Å². The first-order valence-corrected chi connectivity index (χ1v) is 6.48. The Bertz CT molecular complexity index is 516. The molecule has 0 aliphatic carbocycles. The number of nitrogens with zero attached hydrogens (tertiary/aromatic N) is 1. The topological polar surface area (TPSA) is 58.4 Å². The largest absolute Gasteiger partial charge is 0.401 e. The van der Waals surface area contributed by atoms with Gasteiger partial charge in [-0.25, -0.2) is 0 Å². The first-order chi connectivity index (χ1) is 9.60. The Morgan fingerprint density at radius 3 is 2.33 bits per heavy atom. The number of carbonyl (C=O) groups is 1. The number of hydrogen-bond acceptors (Lipinski definition) is 3. The Morgan fingerprint density at radius 2 is 1.90 bits per heavy atom. The number of carbonyl (C=O) groups excluding carboxylic acids is 1. The lowest BCUT2D eigenvalue weighted by Crippen LogP contribution is -2.44. The van der Waals surface area contributed by atoms with Crippen molar-refractivity contribution < 1.29 is 18.0 Å². The molecule has 1 aromatic rings. The third-order valence-corrected chi connectivity index (χ3v) is 3.14. The van der Waals surface area contributed by atoms with Gasteiger partial charge in [-0.3, -0.25) is 9.69 Å². The van der Waals surface area contributed by atoms with Crippen LogP contribution in [0.25, 0.3) is 0 Å². The maximum Gasteiger partial charge on any atom is 0.401 e. The van der Waals surface area contributed by atoms with Crippen LogP contribution in [-0.4, -0.2) is 41.6 Å². The summed E-state index contributed by atoms with van der Waals surface area (Å²) in [6, 6.07) is 5.51. The van der Waals surface area contributed by atoms with Gasteiger partial charge in [0.2, 0.25) is 5.91 Å². The molecule has 1 aromatic carbocycles. The Labute approximate surface area is 126 Å². The van der Waals surface area contributed by atoms with Crippen molar-refractivity contribution >= 4 is 28.8 Å². The Morgan fingerprint density at radius 1 is 1.38 bits per heavy atom. The molecule has 0 aliphatic rings. The van der Waals surface area contributed by atoms with Crippen molar-refractivity contribution in [3.05, 3.63) is 29.8 Å². The number of rotatable bonds is 5. The van der Waals surface area contributed by atoms with Crippen LogP contribution in [0.1, 0.15) is 12.5 Å². The Kier molecular flexibility index (Phi) is 5.68. The molecule has 21 heavy (non-hydrogen) atoms. The maximum absolute atomic E-state index is 12.3. The van der Waals surface area contributed by atoms with Crippen molar-refractivity contribution in [1.82, 2.24) is 4.90 Å². The van der Waals surface area contributed by atoms with Gasteiger partial charge in [-0.1, -0.05) is 12.2 Å². The summed E-state index contributed by atoms with van der Waals surface area (Å²) >= 11 is 4.80. The average Bonchev–Trinajstić information content (AvgIpc) is 2.36. The lowest BCUT2D eigenvalue weighted by atomic mass is 10.2. The summed E-state index contributed by atoms with van der Waals surface area (Å²) in [5.74, 6) is -0.523. The van der Waals surface area contributed by atoms with Gasteiger partial charge in [0.1, 0.15) is 4.99 Å². The highest BCUT2D eigenvalue weighted by atomic mass is 32.1. The van der Waals surface area contributed by atoms with Crippen molar-refractivity contribution in [3.8, 4) is 0 Å². The van der Waals surface area contributed by atoms with Gasteiger partial charge in [0.15, 0.2) is 0 Å². The minimum Gasteiger partial charge on any atom is -0.389 e. The molecule has 3 N–H and O–H groups in total. The van der Waals surface area contributed by atoms with Crippen LogP contribution >= 0.6 is 12.2 Å². The predicted molar refractivity (Wildman–Crippen MR) is 79.1 cm³/mol. The minimum absolute atomic E-state index is 0.228. The molecule has 0 aliphatic heterocycles. The van der Waals surface area contributed by atoms with Gasteiger partial charge in [-0.2, -0.15) is 13.2 Å². The Hall–Kier alpha value is -1.67. The second kappa shape index (κ2) is 6.86. The number of hydrogen-bond donors (Lipinski definition) is 2. The quantitative estimate of drug-likeness (QED) is 0.817. The van der Waals surface area contributed by atoms with E-state index >= 15 is 0 Å². The van der Waals surface area contributed by atoms with E-state index in [1.165, 1.54) is 14.0 Å². The number of benzene rings is 1. The van der Waals surface area contributed by atoms with Gasteiger partial charge in [0, 0.05) is 11.3 Å². The molecule has 8 heteroatoms. The van der Waals surface area contributed by atoms with Crippen molar-refractivity contribution in [1.29, 1.82) is 0 Å². The van der Waals surface area contributed by atoms with E-state index in [9.17, 15) is 18.0 Å². The molecule has 0 bridgehead atoms. The van der Waals surface area contributed by atoms with E-state index in [1.54, 1.807) is 24.3 Å². The molecular formula is C13H16F3N3OS. The fourth-order valence-corrected chi connectivity index (χ4v) is 1.72. The standard InChI is InChI=1S/C13H16F3N3OS/c1-8(19(2)7-13(14,15)16)12(20)18-10-5-3-9(4-6-10)11(17)21/h3-6,8H,7H2,1-2H3,(H2,17,21)(H,18,20). The predicted octanol–water partition coefficient (Wildman–Crippen LogP) is 2.14. The molecule has 0 heterocycles. The van der Waals surface area contributed by atoms with E-state index in [-0.39, 0.29) is 4.99 Å². The maximum atomic E-state index is 12.3. The molecule has 0 fully saturated rings. The molecule has 1 atom stereocenters. The summed E-state index contributed by atoms with van der Waals surface area (Å²) in [4.78, 5) is 13.0. The summed E-state index contributed by atoms with van der Waals surface area (Å²) in [6.45, 7) is 0.256. The van der Waals surface area contributed by atoms with Crippen molar-refractivity contribution in [2.24, 2.45) is 5.73 Å². The summed E-state index contributed by atoms with van der Waals surface area (Å²) in [6.07, 6.45) is -4.35. The number of amides is 1. The summed E-state index contributed by atoms with van der Waals surface area (Å²) in [7, 11) is 1.24. The zero-order valence-corrected chi connectivity index (χ0v) is 12.4. The second-order valence-corrected chi connectivity index (χ2v) is 5.08. The van der Waals surface area contributed by atoms with E-state index in [2.05, 4.69) is 5.32 Å². The molecule has 0 spiro atoms. The fourth-order valence-electron chi connectivity index (χ4n) is 1.58. The van der Waals surface area contributed by atoms with Gasteiger partial charge in [-0.15, -0.1) is 0 Å². The van der Waals surface area contributed by atoms with Crippen LogP contribution < -0.4 is 11.1 Å². The molecule has 0 saturated carbocycles. The molecule has 1 rings (SSSR count). The number of halogens is 3. The van der Waals surface area contributed by atoms with Crippen LogP contribution in [0.2, 0.25) is 0 Å². The second-order valence-electron chi connectivity index (χ2n) is 4.64. The van der Waals surface area contributed by atoms with Crippen LogP contribution in [0.5, 0.6) is 0 Å². The number of nitrogens with two attached hydrogens (primary N) is 1. The van der Waals surface area contributed by atoms with E-state index in [1.807, 2.05) is 0 Å². The number of anilines is 1. The van der Waals surface area contributed by atoms with Gasteiger partial charge < -0.3 is 11.1 Å². The monoisotopic (exact) mass is 319 g/mol. The summed E-state index contributed by atoms with van der Waals surface area (Å²) in [5.41, 5.74) is 6.55. The molecule has 0 saturated heterocycles. The highest BCUT2D eigenvalue weighted by Gasteiger charge is 2.32. The van der Waals surface area contributed by atoms with Crippen molar-refractivity contribution in [2.75, 3.05) is 18.9 Å². The first kappa shape index (κ1) is 17.4. The lowest BCUT2D eigenvalue weighted by molar-refractivity contribution is -0.149. The van der Waals surface area contributed by atoms with Crippen molar-refractivity contribution in [2.45, 2.75) is 19.1 Å². The molecular weight excluding hydrogens is 303 g/mol. The molecule has 1 unspecified atom stereocenters. The molecule has 0 radical (unpaired) electrons. The number of alkyl halides is 3. The highest BCUT2D eigenvalue weighted by Crippen LogP contribution is 2.17. The summed E-state index contributed by atoms with van der Waals surface area (Å²) in [5, 5.41) is 2.54. The Balaban J connectivity index is 2.65. The van der Waals surface area contributed by atoms with Crippen LogP contribution in [0.3, 0.4) is 0 Å². The molecule has 1 amide bonds.